The minimum Gasteiger partial charge on any atom is -0.486 e. The minimum atomic E-state index is -0.102. The maximum Gasteiger partial charge on any atom is 0.222 e. The van der Waals surface area contributed by atoms with Crippen LogP contribution in [0.25, 0.3) is 0 Å². The Bertz CT molecular complexity index is 797. The smallest absolute Gasteiger partial charge is 0.222 e. The van der Waals surface area contributed by atoms with Gasteiger partial charge in [0, 0.05) is 36.0 Å². The van der Waals surface area contributed by atoms with E-state index in [9.17, 15) is 0 Å². The molecule has 0 unspecified atom stereocenters. The van der Waals surface area contributed by atoms with Gasteiger partial charge in [-0.15, -0.1) is 0 Å². The van der Waals surface area contributed by atoms with Gasteiger partial charge < -0.3 is 24.8 Å². The Morgan fingerprint density at radius 3 is 2.65 bits per heavy atom. The van der Waals surface area contributed by atoms with E-state index in [1.54, 1.807) is 0 Å². The number of hydrogen-bond donors (Lipinski definition) is 1. The van der Waals surface area contributed by atoms with Crippen LogP contribution in [-0.2, 0) is 4.74 Å². The molecule has 2 aliphatic rings. The van der Waals surface area contributed by atoms with E-state index >= 15 is 0 Å². The van der Waals surface area contributed by atoms with Crippen LogP contribution in [0, 0.1) is 6.92 Å². The molecule has 7 nitrogen and oxygen atoms in total. The molecule has 3 heterocycles. The predicted octanol–water partition coefficient (Wildman–Crippen LogP) is 2.76. The number of rotatable bonds is 2. The molecule has 1 aromatic carbocycles. The van der Waals surface area contributed by atoms with Crippen molar-refractivity contribution in [2.75, 3.05) is 43.6 Å². The number of aromatic nitrogens is 2. The molecule has 0 amide bonds. The number of nitrogens with two attached hydrogens (primary N) is 1. The molecule has 0 spiro atoms. The molecule has 138 valence electrons. The second-order valence-corrected chi connectivity index (χ2v) is 6.79. The van der Waals surface area contributed by atoms with Crippen molar-refractivity contribution in [3.8, 4) is 11.5 Å². The number of hydrogen-bond acceptors (Lipinski definition) is 7. The van der Waals surface area contributed by atoms with Crippen LogP contribution < -0.4 is 20.1 Å². The summed E-state index contributed by atoms with van der Waals surface area (Å²) in [6.45, 7) is 4.94. The molecule has 4 rings (SSSR count). The third kappa shape index (κ3) is 3.37. The average Bonchev–Trinajstić information content (AvgIpc) is 2.86. The molecule has 26 heavy (non-hydrogen) atoms. The fourth-order valence-electron chi connectivity index (χ4n) is 3.37. The zero-order valence-electron chi connectivity index (χ0n) is 14.6. The largest absolute Gasteiger partial charge is 0.486 e. The van der Waals surface area contributed by atoms with E-state index in [1.165, 1.54) is 0 Å². The molecule has 1 aromatic heterocycles. The second kappa shape index (κ2) is 7.17. The molecule has 0 aliphatic carbocycles. The zero-order valence-corrected chi connectivity index (χ0v) is 15.3. The molecule has 0 radical (unpaired) electrons. The van der Waals surface area contributed by atoms with Crippen LogP contribution in [0.4, 0.5) is 11.8 Å². The Morgan fingerprint density at radius 2 is 1.88 bits per heavy atom. The van der Waals surface area contributed by atoms with Gasteiger partial charge in [0.15, 0.2) is 11.5 Å². The van der Waals surface area contributed by atoms with E-state index in [2.05, 4.69) is 14.9 Å². The molecule has 2 N–H and O–H groups in total. The summed E-state index contributed by atoms with van der Waals surface area (Å²) in [6, 6.07) is 5.59. The van der Waals surface area contributed by atoms with E-state index in [0.717, 1.165) is 30.0 Å². The van der Waals surface area contributed by atoms with Crippen molar-refractivity contribution in [3.05, 3.63) is 34.5 Å². The van der Waals surface area contributed by atoms with Crippen LogP contribution in [0.1, 0.15) is 23.7 Å². The van der Waals surface area contributed by atoms with Crippen molar-refractivity contribution in [1.29, 1.82) is 0 Å². The maximum absolute atomic E-state index is 6.59. The van der Waals surface area contributed by atoms with Crippen LogP contribution in [-0.4, -0.2) is 42.9 Å². The first-order valence-corrected chi connectivity index (χ1v) is 9.04. The fourth-order valence-corrected chi connectivity index (χ4v) is 3.65. The first-order chi connectivity index (χ1) is 12.6. The van der Waals surface area contributed by atoms with Crippen molar-refractivity contribution < 1.29 is 14.2 Å². The third-order valence-corrected chi connectivity index (χ3v) is 4.84. The summed E-state index contributed by atoms with van der Waals surface area (Å²) in [5.74, 6) is 2.42. The number of ether oxygens (including phenoxy) is 3. The lowest BCUT2D eigenvalue weighted by atomic mass is 10.0. The van der Waals surface area contributed by atoms with Crippen LogP contribution in [0.15, 0.2) is 18.2 Å². The molecule has 1 atom stereocenters. The van der Waals surface area contributed by atoms with Gasteiger partial charge in [0.25, 0.3) is 0 Å². The molecule has 8 heteroatoms. The van der Waals surface area contributed by atoms with Gasteiger partial charge in [-0.25, -0.2) is 4.98 Å². The molecular formula is C18H21ClN4O3. The Morgan fingerprint density at radius 1 is 1.12 bits per heavy atom. The number of benzene rings is 1. The molecule has 0 saturated carbocycles. The topological polar surface area (TPSA) is 82.7 Å². The van der Waals surface area contributed by atoms with Crippen molar-refractivity contribution >= 4 is 23.4 Å². The van der Waals surface area contributed by atoms with E-state index < -0.39 is 0 Å². The first-order valence-electron chi connectivity index (χ1n) is 8.66. The van der Waals surface area contributed by atoms with Gasteiger partial charge in [0.2, 0.25) is 5.95 Å². The van der Waals surface area contributed by atoms with Crippen molar-refractivity contribution in [3.63, 3.8) is 0 Å². The van der Waals surface area contributed by atoms with Crippen LogP contribution in [0.2, 0.25) is 5.02 Å². The van der Waals surface area contributed by atoms with Crippen molar-refractivity contribution in [2.45, 2.75) is 19.4 Å². The molecule has 2 aromatic rings. The highest BCUT2D eigenvalue weighted by molar-refractivity contribution is 6.31. The number of halogens is 1. The van der Waals surface area contributed by atoms with Gasteiger partial charge in [0.1, 0.15) is 19.0 Å². The van der Waals surface area contributed by atoms with Crippen LogP contribution >= 0.6 is 11.6 Å². The highest BCUT2D eigenvalue weighted by Gasteiger charge is 2.29. The van der Waals surface area contributed by atoms with Crippen LogP contribution in [0.3, 0.4) is 0 Å². The summed E-state index contributed by atoms with van der Waals surface area (Å²) in [7, 11) is 0. The number of fused-ring (bicyclic) bond motifs is 1. The SMILES string of the molecule is Cc1cc(N2CCCOC[C@H]2c2cc3c(cc2Cl)OCCO3)nc(N)n1. The molecule has 0 bridgehead atoms. The van der Waals surface area contributed by atoms with Gasteiger partial charge in [-0.2, -0.15) is 4.98 Å². The second-order valence-electron chi connectivity index (χ2n) is 6.38. The number of aryl methyl sites for hydroxylation is 1. The monoisotopic (exact) mass is 376 g/mol. The Kier molecular flexibility index (Phi) is 4.74. The van der Waals surface area contributed by atoms with Gasteiger partial charge >= 0.3 is 0 Å². The maximum atomic E-state index is 6.59. The molecule has 1 fully saturated rings. The highest BCUT2D eigenvalue weighted by Crippen LogP contribution is 2.40. The lowest BCUT2D eigenvalue weighted by molar-refractivity contribution is 0.134. The fraction of sp³-hybridized carbons (Fsp3) is 0.444. The Balaban J connectivity index is 1.76. The average molecular weight is 377 g/mol. The lowest BCUT2D eigenvalue weighted by Crippen LogP contribution is -2.32. The normalized spacial score (nSPS) is 19.9. The van der Waals surface area contributed by atoms with Gasteiger partial charge in [0.05, 0.1) is 12.6 Å². The van der Waals surface area contributed by atoms with Gasteiger partial charge in [-0.05, 0) is 25.0 Å². The highest BCUT2D eigenvalue weighted by atomic mass is 35.5. The number of nitrogen functional groups attached to an aromatic ring is 1. The Labute approximate surface area is 157 Å². The van der Waals surface area contributed by atoms with E-state index in [1.807, 2.05) is 25.1 Å². The number of nitrogens with zero attached hydrogens (tertiary/aromatic N) is 3. The van der Waals surface area contributed by atoms with Crippen molar-refractivity contribution in [1.82, 2.24) is 9.97 Å². The van der Waals surface area contributed by atoms with Gasteiger partial charge in [-0.1, -0.05) is 11.6 Å². The lowest BCUT2D eigenvalue weighted by Gasteiger charge is -2.32. The standard InChI is InChI=1S/C18H21ClN4O3/c1-11-7-17(22-18(20)21-11)23-3-2-4-24-10-14(23)12-8-15-16(9-13(12)19)26-6-5-25-15/h7-9,14H,2-6,10H2,1H3,(H2,20,21,22)/t14-/m0/s1. The summed E-state index contributed by atoms with van der Waals surface area (Å²) in [4.78, 5) is 10.8. The molecule has 2 aliphatic heterocycles. The Hall–Kier alpha value is -2.25. The zero-order chi connectivity index (χ0) is 18.1. The van der Waals surface area contributed by atoms with E-state index in [0.29, 0.717) is 42.9 Å². The molecular weight excluding hydrogens is 356 g/mol. The summed E-state index contributed by atoms with van der Waals surface area (Å²) < 4.78 is 17.2. The summed E-state index contributed by atoms with van der Waals surface area (Å²) in [5.41, 5.74) is 7.62. The summed E-state index contributed by atoms with van der Waals surface area (Å²) in [6.07, 6.45) is 0.891. The number of anilines is 2. The van der Waals surface area contributed by atoms with E-state index in [4.69, 9.17) is 31.5 Å². The quantitative estimate of drug-likeness (QED) is 0.862. The van der Waals surface area contributed by atoms with E-state index in [-0.39, 0.29) is 12.0 Å². The summed E-state index contributed by atoms with van der Waals surface area (Å²) in [5, 5.41) is 0.619. The van der Waals surface area contributed by atoms with Gasteiger partial charge in [-0.3, -0.25) is 0 Å². The molecule has 1 saturated heterocycles. The predicted molar refractivity (Wildman–Crippen MR) is 99.1 cm³/mol. The first kappa shape index (κ1) is 17.2. The summed E-state index contributed by atoms with van der Waals surface area (Å²) >= 11 is 6.59. The minimum absolute atomic E-state index is 0.102. The van der Waals surface area contributed by atoms with Crippen LogP contribution in [0.5, 0.6) is 11.5 Å². The third-order valence-electron chi connectivity index (χ3n) is 4.51. The van der Waals surface area contributed by atoms with Crippen molar-refractivity contribution in [2.24, 2.45) is 0 Å².